The molecule has 0 aliphatic carbocycles. The van der Waals surface area contributed by atoms with E-state index in [1.165, 1.54) is 12.3 Å². The number of carboxylic acid groups (broad SMARTS) is 3. The van der Waals surface area contributed by atoms with E-state index in [2.05, 4.69) is 15.2 Å². The lowest BCUT2D eigenvalue weighted by molar-refractivity contribution is -0.141. The number of nitrogens with zero attached hydrogens (tertiary/aromatic N) is 9. The van der Waals surface area contributed by atoms with E-state index in [0.29, 0.717) is 102 Å². The Morgan fingerprint density at radius 1 is 0.706 bits per heavy atom. The van der Waals surface area contributed by atoms with Gasteiger partial charge in [-0.15, -0.1) is 0 Å². The minimum atomic E-state index is -3.16. The second-order valence-electron chi connectivity index (χ2n) is 17.2. The van der Waals surface area contributed by atoms with Crippen molar-refractivity contribution in [2.24, 2.45) is 0 Å². The monoisotopic (exact) mass is 948 g/mol. The van der Waals surface area contributed by atoms with Gasteiger partial charge < -0.3 is 35.2 Å². The lowest BCUT2D eigenvalue weighted by Gasteiger charge is -2.37. The third-order valence-electron chi connectivity index (χ3n) is 12.3. The maximum atomic E-state index is 13.8. The van der Waals surface area contributed by atoms with E-state index >= 15 is 0 Å². The molecular weight excluding hydrogens is 891 g/mol. The molecule has 0 saturated carbocycles. The quantitative estimate of drug-likeness (QED) is 0.137. The molecule has 22 heteroatoms. The number of aliphatic carboxylic acids is 3. The van der Waals surface area contributed by atoms with E-state index < -0.39 is 61.2 Å². The first kappa shape index (κ1) is 51.0. The Morgan fingerprint density at radius 2 is 1.24 bits per heavy atom. The number of benzene rings is 2. The molecule has 4 heterocycles. The molecule has 3 aromatic rings. The number of hydrogen-bond donors (Lipinski definition) is 4. The van der Waals surface area contributed by atoms with Gasteiger partial charge in [-0.2, -0.15) is 5.26 Å². The highest BCUT2D eigenvalue weighted by atomic mass is 19.3. The number of fused-ring (bicyclic) bond motifs is 1. The van der Waals surface area contributed by atoms with Crippen LogP contribution in [0.3, 0.4) is 0 Å². The third-order valence-corrected chi connectivity index (χ3v) is 12.3. The van der Waals surface area contributed by atoms with Crippen molar-refractivity contribution in [1.29, 1.82) is 5.26 Å². The van der Waals surface area contributed by atoms with Gasteiger partial charge in [-0.05, 0) is 41.8 Å². The normalized spacial score (nSPS) is 19.4. The van der Waals surface area contributed by atoms with Crippen molar-refractivity contribution in [1.82, 2.24) is 44.6 Å². The Balaban J connectivity index is 0.934. The van der Waals surface area contributed by atoms with Gasteiger partial charge in [0.05, 0.1) is 63.0 Å². The Bertz CT molecular complexity index is 2280. The molecule has 4 N–H and O–H groups in total. The standard InChI is InChI=1S/C46H58F2N10O10/c47-46(48)25-35(26-49)58(32-46)40(59)27-51-45(67)38-8-9-50-39-24-34(4-7-37(38)39)33-2-5-36(6-3-33)68-23-1-10-52-19-21-57(22-20-52)41(60)28-53-11-13-54(29-42(61)62)15-17-56(31-44(65)66)18-16-55(14-12-53)30-43(63)64/h2-9,24,35H,1,10-23,25,27-32H2,(H,51,67)(H,61,62)(H,63,64)(H,65,66)/t35-/m0/s1. The number of hydrogen-bond acceptors (Lipinski definition) is 14. The summed E-state index contributed by atoms with van der Waals surface area (Å²) < 4.78 is 33.7. The molecule has 2 aromatic carbocycles. The first-order valence-electron chi connectivity index (χ1n) is 22.6. The lowest BCUT2D eigenvalue weighted by Crippen LogP contribution is -2.53. The van der Waals surface area contributed by atoms with Crippen LogP contribution < -0.4 is 10.1 Å². The van der Waals surface area contributed by atoms with Crippen LogP contribution in [0.2, 0.25) is 0 Å². The Hall–Kier alpha value is -6.38. The maximum absolute atomic E-state index is 13.8. The Kier molecular flexibility index (Phi) is 18.1. The number of nitrogens with one attached hydrogen (secondary N) is 1. The minimum Gasteiger partial charge on any atom is -0.494 e. The van der Waals surface area contributed by atoms with Gasteiger partial charge in [0.2, 0.25) is 11.8 Å². The number of carbonyl (C=O) groups is 6. The summed E-state index contributed by atoms with van der Waals surface area (Å²) in [4.78, 5) is 90.4. The van der Waals surface area contributed by atoms with Crippen molar-refractivity contribution in [3.05, 3.63) is 60.3 Å². The van der Waals surface area contributed by atoms with Crippen LogP contribution in [0.1, 0.15) is 23.2 Å². The molecule has 0 bridgehead atoms. The average molecular weight is 949 g/mol. The SMILES string of the molecule is N#C[C@@H]1CC(F)(F)CN1C(=O)CNC(=O)c1ccnc2cc(-c3ccc(OCCCN4CCN(C(=O)CN5CCN(CC(=O)O)CCN(CC(=O)O)CCN(CC(=O)O)CC5)CC4)cc3)ccc12. The number of pyridine rings is 1. The summed E-state index contributed by atoms with van der Waals surface area (Å²) in [6, 6.07) is 15.0. The van der Waals surface area contributed by atoms with Gasteiger partial charge in [0.1, 0.15) is 11.8 Å². The summed E-state index contributed by atoms with van der Waals surface area (Å²) in [7, 11) is 0. The topological polar surface area (TPSA) is 244 Å². The zero-order valence-corrected chi connectivity index (χ0v) is 37.8. The highest BCUT2D eigenvalue weighted by Crippen LogP contribution is 2.32. The van der Waals surface area contributed by atoms with Crippen molar-refractivity contribution in [3.63, 3.8) is 0 Å². The molecule has 68 heavy (non-hydrogen) atoms. The van der Waals surface area contributed by atoms with Gasteiger partial charge in [-0.3, -0.25) is 58.3 Å². The van der Waals surface area contributed by atoms with E-state index in [1.807, 2.05) is 46.2 Å². The summed E-state index contributed by atoms with van der Waals surface area (Å²) in [6.07, 6.45) is 1.49. The molecule has 0 radical (unpaired) electrons. The van der Waals surface area contributed by atoms with Crippen LogP contribution >= 0.6 is 0 Å². The second kappa shape index (κ2) is 24.1. The van der Waals surface area contributed by atoms with E-state index in [9.17, 15) is 58.1 Å². The zero-order valence-electron chi connectivity index (χ0n) is 37.8. The first-order chi connectivity index (χ1) is 32.5. The maximum Gasteiger partial charge on any atom is 0.317 e. The number of rotatable bonds is 17. The molecule has 366 valence electrons. The average Bonchev–Trinajstić information content (AvgIpc) is 3.64. The van der Waals surface area contributed by atoms with Gasteiger partial charge in [0.25, 0.3) is 11.8 Å². The number of nitriles is 1. The van der Waals surface area contributed by atoms with Crippen LogP contribution in [0.5, 0.6) is 5.75 Å². The zero-order chi connectivity index (χ0) is 48.8. The third kappa shape index (κ3) is 15.1. The smallest absolute Gasteiger partial charge is 0.317 e. The molecule has 1 atom stereocenters. The fourth-order valence-corrected chi connectivity index (χ4v) is 8.59. The number of amides is 3. The second-order valence-corrected chi connectivity index (χ2v) is 17.2. The molecule has 20 nitrogen and oxygen atoms in total. The number of alkyl halides is 2. The van der Waals surface area contributed by atoms with Crippen molar-refractivity contribution in [3.8, 4) is 22.9 Å². The van der Waals surface area contributed by atoms with Gasteiger partial charge in [0.15, 0.2) is 0 Å². The predicted octanol–water partition coefficient (Wildman–Crippen LogP) is 0.780. The number of piperazine rings is 1. The van der Waals surface area contributed by atoms with Crippen LogP contribution in [0.25, 0.3) is 22.0 Å². The van der Waals surface area contributed by atoms with Gasteiger partial charge in [0, 0.05) is 103 Å². The Labute approximate surface area is 392 Å². The van der Waals surface area contributed by atoms with Crippen molar-refractivity contribution in [2.45, 2.75) is 24.8 Å². The molecular formula is C46H58F2N10O10. The van der Waals surface area contributed by atoms with Gasteiger partial charge in [-0.25, -0.2) is 8.78 Å². The predicted molar refractivity (Wildman–Crippen MR) is 242 cm³/mol. The van der Waals surface area contributed by atoms with Crippen LogP contribution in [0.15, 0.2) is 54.7 Å². The summed E-state index contributed by atoms with van der Waals surface area (Å²) in [5.74, 6) is -6.91. The van der Waals surface area contributed by atoms with E-state index in [0.717, 1.165) is 29.0 Å². The molecule has 1 aromatic heterocycles. The number of halogens is 2. The number of carbonyl (C=O) groups excluding carboxylic acids is 3. The number of ether oxygens (including phenoxy) is 1. The minimum absolute atomic E-state index is 0.0580. The van der Waals surface area contributed by atoms with Crippen molar-refractivity contribution in [2.75, 3.05) is 131 Å². The molecule has 3 amide bonds. The molecule has 3 aliphatic heterocycles. The highest BCUT2D eigenvalue weighted by Gasteiger charge is 2.47. The van der Waals surface area contributed by atoms with Crippen molar-refractivity contribution < 1.29 is 57.6 Å². The van der Waals surface area contributed by atoms with E-state index in [-0.39, 0.29) is 37.6 Å². The van der Waals surface area contributed by atoms with Crippen LogP contribution in [0, 0.1) is 11.3 Å². The molecule has 3 aliphatic rings. The summed E-state index contributed by atoms with van der Waals surface area (Å²) in [5.41, 5.74) is 2.52. The van der Waals surface area contributed by atoms with Crippen LogP contribution in [-0.4, -0.2) is 233 Å². The van der Waals surface area contributed by atoms with Crippen molar-refractivity contribution >= 4 is 46.5 Å². The number of carboxylic acids is 3. The highest BCUT2D eigenvalue weighted by molar-refractivity contribution is 6.07. The van der Waals surface area contributed by atoms with Gasteiger partial charge in [-0.1, -0.05) is 24.3 Å². The van der Waals surface area contributed by atoms with E-state index in [1.54, 1.807) is 26.8 Å². The number of aromatic nitrogens is 1. The lowest BCUT2D eigenvalue weighted by atomic mass is 10.0. The summed E-state index contributed by atoms with van der Waals surface area (Å²) in [5, 5.41) is 40.7. The summed E-state index contributed by atoms with van der Waals surface area (Å²) >= 11 is 0. The summed E-state index contributed by atoms with van der Waals surface area (Å²) in [6.45, 7) is 4.31. The van der Waals surface area contributed by atoms with Gasteiger partial charge >= 0.3 is 17.9 Å². The first-order valence-corrected chi connectivity index (χ1v) is 22.6. The molecule has 0 spiro atoms. The molecule has 3 fully saturated rings. The molecule has 0 unspecified atom stereocenters. The van der Waals surface area contributed by atoms with Crippen LogP contribution in [0.4, 0.5) is 8.78 Å². The molecule has 3 saturated heterocycles. The fraction of sp³-hybridized carbons (Fsp3) is 0.522. The van der Waals surface area contributed by atoms with E-state index in [4.69, 9.17) is 4.74 Å². The molecule has 6 rings (SSSR count). The van der Waals surface area contributed by atoms with Crippen LogP contribution in [-0.2, 0) is 24.0 Å². The number of likely N-dealkylation sites (tertiary alicyclic amines) is 1. The Morgan fingerprint density at radius 3 is 1.78 bits per heavy atom. The largest absolute Gasteiger partial charge is 0.494 e. The fourth-order valence-electron chi connectivity index (χ4n) is 8.59.